The predicted molar refractivity (Wildman–Crippen MR) is 67.2 cm³/mol. The molecule has 6 heteroatoms. The van der Waals surface area contributed by atoms with Crippen molar-refractivity contribution in [3.8, 4) is 6.07 Å². The predicted octanol–water partition coefficient (Wildman–Crippen LogP) is 0.588. The van der Waals surface area contributed by atoms with Gasteiger partial charge in [-0.05, 0) is 37.1 Å². The first-order valence-electron chi connectivity index (χ1n) is 5.71. The second kappa shape index (κ2) is 4.69. The molecule has 0 aliphatic carbocycles. The average molecular weight is 265 g/mol. The van der Waals surface area contributed by atoms with Crippen LogP contribution < -0.4 is 5.73 Å². The van der Waals surface area contributed by atoms with Gasteiger partial charge in [-0.3, -0.25) is 0 Å². The van der Waals surface area contributed by atoms with Crippen molar-refractivity contribution < 1.29 is 8.42 Å². The van der Waals surface area contributed by atoms with Crippen molar-refractivity contribution in [1.82, 2.24) is 4.31 Å². The van der Waals surface area contributed by atoms with E-state index in [2.05, 4.69) is 0 Å². The first-order valence-corrected chi connectivity index (χ1v) is 7.15. The number of hydrogen-bond donors (Lipinski definition) is 1. The Kier molecular flexibility index (Phi) is 3.39. The van der Waals surface area contributed by atoms with E-state index in [1.165, 1.54) is 22.5 Å². The van der Waals surface area contributed by atoms with Crippen LogP contribution in [0.1, 0.15) is 17.5 Å². The summed E-state index contributed by atoms with van der Waals surface area (Å²) in [6.45, 7) is 2.55. The highest BCUT2D eigenvalue weighted by molar-refractivity contribution is 7.89. The summed E-state index contributed by atoms with van der Waals surface area (Å²) in [4.78, 5) is 0.230. The molecule has 0 bridgehead atoms. The molecule has 0 amide bonds. The lowest BCUT2D eigenvalue weighted by Gasteiger charge is -2.16. The summed E-state index contributed by atoms with van der Waals surface area (Å²) in [5, 5.41) is 8.83. The smallest absolute Gasteiger partial charge is 0.243 e. The molecular weight excluding hydrogens is 250 g/mol. The molecular formula is C12H15N3O2S. The highest BCUT2D eigenvalue weighted by atomic mass is 32.2. The van der Waals surface area contributed by atoms with Crippen molar-refractivity contribution in [2.75, 3.05) is 13.1 Å². The number of nitriles is 1. The minimum Gasteiger partial charge on any atom is -0.326 e. The van der Waals surface area contributed by atoms with E-state index >= 15 is 0 Å². The second-order valence-electron chi connectivity index (χ2n) is 4.50. The number of hydrogen-bond acceptors (Lipinski definition) is 4. The molecule has 0 spiro atoms. The van der Waals surface area contributed by atoms with Gasteiger partial charge in [-0.2, -0.15) is 9.57 Å². The highest BCUT2D eigenvalue weighted by Gasteiger charge is 2.30. The van der Waals surface area contributed by atoms with Crippen LogP contribution in [0.15, 0.2) is 23.1 Å². The Bertz CT molecular complexity index is 604. The van der Waals surface area contributed by atoms with E-state index < -0.39 is 10.0 Å². The van der Waals surface area contributed by atoms with Crippen molar-refractivity contribution in [2.45, 2.75) is 24.3 Å². The van der Waals surface area contributed by atoms with Gasteiger partial charge in [0.15, 0.2) is 0 Å². The van der Waals surface area contributed by atoms with Gasteiger partial charge in [0.1, 0.15) is 0 Å². The molecule has 2 N–H and O–H groups in total. The molecule has 1 atom stereocenters. The van der Waals surface area contributed by atoms with Gasteiger partial charge in [0, 0.05) is 19.1 Å². The number of aryl methyl sites for hydroxylation is 1. The minimum absolute atomic E-state index is 0.0840. The van der Waals surface area contributed by atoms with Crippen LogP contribution in [0, 0.1) is 18.3 Å². The number of benzene rings is 1. The second-order valence-corrected chi connectivity index (χ2v) is 6.44. The summed E-state index contributed by atoms with van der Waals surface area (Å²) in [6, 6.07) is 6.49. The summed E-state index contributed by atoms with van der Waals surface area (Å²) in [7, 11) is -3.48. The molecule has 1 saturated heterocycles. The minimum atomic E-state index is -3.48. The maximum Gasteiger partial charge on any atom is 0.243 e. The maximum absolute atomic E-state index is 12.3. The topological polar surface area (TPSA) is 87.2 Å². The fourth-order valence-corrected chi connectivity index (χ4v) is 3.64. The van der Waals surface area contributed by atoms with Gasteiger partial charge < -0.3 is 5.73 Å². The normalized spacial score (nSPS) is 20.8. The molecule has 1 aromatic carbocycles. The van der Waals surface area contributed by atoms with Crippen molar-refractivity contribution in [3.05, 3.63) is 29.3 Å². The third kappa shape index (κ3) is 2.25. The van der Waals surface area contributed by atoms with Crippen LogP contribution >= 0.6 is 0 Å². The van der Waals surface area contributed by atoms with Gasteiger partial charge >= 0.3 is 0 Å². The van der Waals surface area contributed by atoms with Crippen molar-refractivity contribution in [2.24, 2.45) is 5.73 Å². The molecule has 1 aliphatic heterocycles. The van der Waals surface area contributed by atoms with Gasteiger partial charge in [0.25, 0.3) is 0 Å². The Morgan fingerprint density at radius 1 is 1.50 bits per heavy atom. The number of nitrogens with two attached hydrogens (primary N) is 1. The van der Waals surface area contributed by atoms with E-state index in [1.807, 2.05) is 6.07 Å². The molecule has 1 aliphatic rings. The third-order valence-electron chi connectivity index (χ3n) is 3.14. The van der Waals surface area contributed by atoms with Gasteiger partial charge in [0.2, 0.25) is 10.0 Å². The zero-order valence-electron chi connectivity index (χ0n) is 10.1. The van der Waals surface area contributed by atoms with E-state index in [9.17, 15) is 8.42 Å². The quantitative estimate of drug-likeness (QED) is 0.847. The van der Waals surface area contributed by atoms with E-state index in [0.717, 1.165) is 0 Å². The SMILES string of the molecule is Cc1cc(S(=O)(=O)N2CCC(N)C2)ccc1C#N. The van der Waals surface area contributed by atoms with Crippen LogP contribution in [0.5, 0.6) is 0 Å². The number of nitrogens with zero attached hydrogens (tertiary/aromatic N) is 2. The monoisotopic (exact) mass is 265 g/mol. The van der Waals surface area contributed by atoms with Crippen molar-refractivity contribution >= 4 is 10.0 Å². The summed E-state index contributed by atoms with van der Waals surface area (Å²) in [5.41, 5.74) is 6.89. The van der Waals surface area contributed by atoms with Crippen molar-refractivity contribution in [1.29, 1.82) is 5.26 Å². The fraction of sp³-hybridized carbons (Fsp3) is 0.417. The lowest BCUT2D eigenvalue weighted by Crippen LogP contribution is -2.32. The van der Waals surface area contributed by atoms with Crippen LogP contribution in [0.2, 0.25) is 0 Å². The summed E-state index contributed by atoms with van der Waals surface area (Å²) >= 11 is 0. The lowest BCUT2D eigenvalue weighted by molar-refractivity contribution is 0.472. The molecule has 1 unspecified atom stereocenters. The van der Waals surface area contributed by atoms with Crippen LogP contribution in [0.4, 0.5) is 0 Å². The Morgan fingerprint density at radius 3 is 2.72 bits per heavy atom. The Hall–Kier alpha value is -1.42. The summed E-state index contributed by atoms with van der Waals surface area (Å²) in [5.74, 6) is 0. The molecule has 1 heterocycles. The van der Waals surface area contributed by atoms with Crippen LogP contribution in [-0.4, -0.2) is 31.9 Å². The van der Waals surface area contributed by atoms with Gasteiger partial charge in [-0.1, -0.05) is 0 Å². The Balaban J connectivity index is 2.37. The first kappa shape index (κ1) is 13.0. The molecule has 1 aromatic rings. The number of sulfonamides is 1. The first-order chi connectivity index (χ1) is 8.45. The lowest BCUT2D eigenvalue weighted by atomic mass is 10.1. The molecule has 5 nitrogen and oxygen atoms in total. The Morgan fingerprint density at radius 2 is 2.22 bits per heavy atom. The van der Waals surface area contributed by atoms with Crippen LogP contribution in [-0.2, 0) is 10.0 Å². The van der Waals surface area contributed by atoms with E-state index in [4.69, 9.17) is 11.0 Å². The molecule has 18 heavy (non-hydrogen) atoms. The van der Waals surface area contributed by atoms with Gasteiger partial charge in [-0.15, -0.1) is 0 Å². The molecule has 0 saturated carbocycles. The van der Waals surface area contributed by atoms with Crippen molar-refractivity contribution in [3.63, 3.8) is 0 Å². The zero-order chi connectivity index (χ0) is 13.3. The summed E-state index contributed by atoms with van der Waals surface area (Å²) in [6.07, 6.45) is 0.689. The zero-order valence-corrected chi connectivity index (χ0v) is 10.9. The fourth-order valence-electron chi connectivity index (χ4n) is 2.04. The largest absolute Gasteiger partial charge is 0.326 e. The standard InChI is InChI=1S/C12H15N3O2S/c1-9-6-12(3-2-10(9)7-13)18(16,17)15-5-4-11(14)8-15/h2-3,6,11H,4-5,8,14H2,1H3. The maximum atomic E-state index is 12.3. The van der Waals surface area contributed by atoms with Gasteiger partial charge in [0.05, 0.1) is 16.5 Å². The summed E-state index contributed by atoms with van der Waals surface area (Å²) < 4.78 is 26.0. The van der Waals surface area contributed by atoms with E-state index in [1.54, 1.807) is 6.92 Å². The molecule has 2 rings (SSSR count). The molecule has 1 fully saturated rings. The number of rotatable bonds is 2. The molecule has 96 valence electrons. The van der Waals surface area contributed by atoms with E-state index in [-0.39, 0.29) is 10.9 Å². The Labute approximate surface area is 107 Å². The molecule has 0 aromatic heterocycles. The van der Waals surface area contributed by atoms with E-state index in [0.29, 0.717) is 30.6 Å². The van der Waals surface area contributed by atoms with Crippen LogP contribution in [0.3, 0.4) is 0 Å². The molecule has 0 radical (unpaired) electrons. The average Bonchev–Trinajstić information content (AvgIpc) is 2.76. The highest BCUT2D eigenvalue weighted by Crippen LogP contribution is 2.22. The van der Waals surface area contributed by atoms with Crippen LogP contribution in [0.25, 0.3) is 0 Å². The van der Waals surface area contributed by atoms with Gasteiger partial charge in [-0.25, -0.2) is 8.42 Å². The third-order valence-corrected chi connectivity index (χ3v) is 5.00.